The zero-order valence-electron chi connectivity index (χ0n) is 11.2. The molecule has 0 aromatic rings. The van der Waals surface area contributed by atoms with Crippen LogP contribution in [-0.2, 0) is 0 Å². The molecular weight excluding hydrogens is 210 g/mol. The minimum absolute atomic E-state index is 0.0950. The molecular formula is C15H25NO. The van der Waals surface area contributed by atoms with Gasteiger partial charge in [0.2, 0.25) is 0 Å². The van der Waals surface area contributed by atoms with E-state index in [0.717, 1.165) is 32.2 Å². The topological polar surface area (TPSA) is 23.5 Å². The lowest BCUT2D eigenvalue weighted by Crippen LogP contribution is -2.28. The van der Waals surface area contributed by atoms with E-state index in [1.165, 1.54) is 18.4 Å². The van der Waals surface area contributed by atoms with Gasteiger partial charge in [-0.1, -0.05) is 23.3 Å². The second-order valence-corrected chi connectivity index (χ2v) is 5.77. The number of aliphatic hydroxyl groups excluding tert-OH is 1. The first kappa shape index (κ1) is 12.8. The third kappa shape index (κ3) is 3.43. The summed E-state index contributed by atoms with van der Waals surface area (Å²) in [5.74, 6) is 0.500. The van der Waals surface area contributed by atoms with Gasteiger partial charge in [-0.15, -0.1) is 0 Å². The summed E-state index contributed by atoms with van der Waals surface area (Å²) in [5, 5.41) is 10.2. The van der Waals surface area contributed by atoms with Gasteiger partial charge >= 0.3 is 0 Å². The van der Waals surface area contributed by atoms with Crippen molar-refractivity contribution in [1.82, 2.24) is 4.90 Å². The fourth-order valence-corrected chi connectivity index (χ4v) is 3.03. The molecule has 0 unspecified atom stereocenters. The fraction of sp³-hybridized carbons (Fsp3) is 0.733. The van der Waals surface area contributed by atoms with Crippen LogP contribution in [0.1, 0.15) is 38.5 Å². The van der Waals surface area contributed by atoms with Gasteiger partial charge < -0.3 is 10.0 Å². The average molecular weight is 235 g/mol. The quantitative estimate of drug-likeness (QED) is 0.757. The Morgan fingerprint density at radius 2 is 1.82 bits per heavy atom. The molecule has 2 atom stereocenters. The molecule has 0 saturated carbocycles. The Kier molecular flexibility index (Phi) is 4.41. The largest absolute Gasteiger partial charge is 0.392 e. The first-order valence-electron chi connectivity index (χ1n) is 6.84. The highest BCUT2D eigenvalue weighted by atomic mass is 16.3. The molecule has 0 aromatic carbocycles. The minimum Gasteiger partial charge on any atom is -0.392 e. The number of hydrogen-bond acceptors (Lipinski definition) is 2. The molecule has 0 fully saturated rings. The Morgan fingerprint density at radius 3 is 2.47 bits per heavy atom. The maximum absolute atomic E-state index is 10.2. The molecule has 0 radical (unpaired) electrons. The van der Waals surface area contributed by atoms with Crippen LogP contribution < -0.4 is 0 Å². The molecule has 17 heavy (non-hydrogen) atoms. The Morgan fingerprint density at radius 1 is 1.18 bits per heavy atom. The molecule has 0 saturated heterocycles. The molecule has 0 aliphatic heterocycles. The fourth-order valence-electron chi connectivity index (χ4n) is 3.03. The van der Waals surface area contributed by atoms with Crippen LogP contribution in [0.4, 0.5) is 0 Å². The Labute approximate surface area is 105 Å². The summed E-state index contributed by atoms with van der Waals surface area (Å²) in [7, 11) is 4.23. The van der Waals surface area contributed by atoms with Gasteiger partial charge in [0.15, 0.2) is 0 Å². The van der Waals surface area contributed by atoms with Gasteiger partial charge in [-0.2, -0.15) is 0 Å². The summed E-state index contributed by atoms with van der Waals surface area (Å²) in [6.45, 7) is 1.13. The van der Waals surface area contributed by atoms with Crippen molar-refractivity contribution < 1.29 is 5.11 Å². The summed E-state index contributed by atoms with van der Waals surface area (Å²) >= 11 is 0. The van der Waals surface area contributed by atoms with Crippen LogP contribution in [-0.4, -0.2) is 36.8 Å². The molecule has 2 aliphatic rings. The lowest BCUT2D eigenvalue weighted by molar-refractivity contribution is 0.0907. The SMILES string of the molecule is CN(C)CCC[C@@H]1CC2=C(CC=CC2)C[C@H]1O. The monoisotopic (exact) mass is 235 g/mol. The number of nitrogens with zero attached hydrogens (tertiary/aromatic N) is 1. The molecule has 2 heteroatoms. The summed E-state index contributed by atoms with van der Waals surface area (Å²) in [6.07, 6.45) is 11.1. The predicted octanol–water partition coefficient (Wildman–Crippen LogP) is 2.75. The molecule has 2 aliphatic carbocycles. The molecule has 0 spiro atoms. The lowest BCUT2D eigenvalue weighted by atomic mass is 9.76. The molecule has 2 rings (SSSR count). The van der Waals surface area contributed by atoms with Crippen LogP contribution in [0, 0.1) is 5.92 Å². The third-order valence-electron chi connectivity index (χ3n) is 4.08. The first-order chi connectivity index (χ1) is 8.16. The molecule has 1 N–H and O–H groups in total. The highest BCUT2D eigenvalue weighted by Crippen LogP contribution is 2.37. The van der Waals surface area contributed by atoms with Crippen LogP contribution in [0.2, 0.25) is 0 Å². The van der Waals surface area contributed by atoms with E-state index < -0.39 is 0 Å². The van der Waals surface area contributed by atoms with E-state index in [-0.39, 0.29) is 6.10 Å². The second-order valence-electron chi connectivity index (χ2n) is 5.77. The minimum atomic E-state index is -0.0950. The standard InChI is InChI=1S/C15H25NO/c1-16(2)9-5-8-14-10-12-6-3-4-7-13(12)11-15(14)17/h3-4,14-15,17H,5-11H2,1-2H3/t14-,15-/m1/s1. The van der Waals surface area contributed by atoms with Gasteiger partial charge in [0.1, 0.15) is 0 Å². The summed E-state index contributed by atoms with van der Waals surface area (Å²) in [5.41, 5.74) is 3.14. The van der Waals surface area contributed by atoms with E-state index in [2.05, 4.69) is 31.1 Å². The van der Waals surface area contributed by atoms with Crippen LogP contribution in [0.5, 0.6) is 0 Å². The van der Waals surface area contributed by atoms with Crippen molar-refractivity contribution in [2.45, 2.75) is 44.6 Å². The van der Waals surface area contributed by atoms with E-state index in [4.69, 9.17) is 0 Å². The smallest absolute Gasteiger partial charge is 0.0608 e. The Bertz CT molecular complexity index is 317. The zero-order chi connectivity index (χ0) is 12.3. The van der Waals surface area contributed by atoms with Gasteiger partial charge in [-0.25, -0.2) is 0 Å². The van der Waals surface area contributed by atoms with Gasteiger partial charge in [0, 0.05) is 0 Å². The Hall–Kier alpha value is -0.600. The van der Waals surface area contributed by atoms with Gasteiger partial charge in [-0.05, 0) is 65.1 Å². The highest BCUT2D eigenvalue weighted by molar-refractivity contribution is 5.27. The van der Waals surface area contributed by atoms with Crippen LogP contribution in [0.25, 0.3) is 0 Å². The van der Waals surface area contributed by atoms with E-state index in [1.807, 2.05) is 0 Å². The molecule has 0 amide bonds. The molecule has 96 valence electrons. The van der Waals surface area contributed by atoms with Crippen molar-refractivity contribution in [3.05, 3.63) is 23.3 Å². The lowest BCUT2D eigenvalue weighted by Gasteiger charge is -2.33. The number of rotatable bonds is 4. The van der Waals surface area contributed by atoms with Crippen LogP contribution >= 0.6 is 0 Å². The van der Waals surface area contributed by atoms with Crippen molar-refractivity contribution in [3.8, 4) is 0 Å². The highest BCUT2D eigenvalue weighted by Gasteiger charge is 2.28. The second kappa shape index (κ2) is 5.83. The normalized spacial score (nSPS) is 28.7. The van der Waals surface area contributed by atoms with Crippen molar-refractivity contribution in [1.29, 1.82) is 0 Å². The maximum Gasteiger partial charge on any atom is 0.0608 e. The summed E-state index contributed by atoms with van der Waals surface area (Å²) < 4.78 is 0. The zero-order valence-corrected chi connectivity index (χ0v) is 11.2. The van der Waals surface area contributed by atoms with E-state index in [9.17, 15) is 5.11 Å². The van der Waals surface area contributed by atoms with Gasteiger partial charge in [-0.3, -0.25) is 0 Å². The van der Waals surface area contributed by atoms with Crippen molar-refractivity contribution in [2.24, 2.45) is 5.92 Å². The van der Waals surface area contributed by atoms with E-state index in [0.29, 0.717) is 5.92 Å². The van der Waals surface area contributed by atoms with Crippen molar-refractivity contribution in [3.63, 3.8) is 0 Å². The number of allylic oxidation sites excluding steroid dienone is 3. The van der Waals surface area contributed by atoms with Crippen molar-refractivity contribution >= 4 is 0 Å². The molecule has 0 heterocycles. The van der Waals surface area contributed by atoms with E-state index >= 15 is 0 Å². The molecule has 0 bridgehead atoms. The summed E-state index contributed by atoms with van der Waals surface area (Å²) in [6, 6.07) is 0. The van der Waals surface area contributed by atoms with Gasteiger partial charge in [0.25, 0.3) is 0 Å². The van der Waals surface area contributed by atoms with Crippen molar-refractivity contribution in [2.75, 3.05) is 20.6 Å². The Balaban J connectivity index is 1.86. The molecule has 2 nitrogen and oxygen atoms in total. The van der Waals surface area contributed by atoms with Gasteiger partial charge in [0.05, 0.1) is 6.10 Å². The van der Waals surface area contributed by atoms with E-state index in [1.54, 1.807) is 5.57 Å². The van der Waals surface area contributed by atoms with Crippen LogP contribution in [0.3, 0.4) is 0 Å². The number of hydrogen-bond donors (Lipinski definition) is 1. The maximum atomic E-state index is 10.2. The third-order valence-corrected chi connectivity index (χ3v) is 4.08. The first-order valence-corrected chi connectivity index (χ1v) is 6.84. The number of aliphatic hydroxyl groups is 1. The molecule has 0 aromatic heterocycles. The predicted molar refractivity (Wildman–Crippen MR) is 71.9 cm³/mol. The average Bonchev–Trinajstić information content (AvgIpc) is 2.29. The van der Waals surface area contributed by atoms with Crippen LogP contribution in [0.15, 0.2) is 23.3 Å². The summed E-state index contributed by atoms with van der Waals surface area (Å²) in [4.78, 5) is 2.23.